The van der Waals surface area contributed by atoms with Gasteiger partial charge in [0.25, 0.3) is 0 Å². The third-order valence-electron chi connectivity index (χ3n) is 4.58. The van der Waals surface area contributed by atoms with Crippen molar-refractivity contribution in [3.05, 3.63) is 22.3 Å². The van der Waals surface area contributed by atoms with Gasteiger partial charge >= 0.3 is 0 Å². The van der Waals surface area contributed by atoms with Crippen LogP contribution in [0, 0.1) is 18.3 Å². The fraction of sp³-hybridized carbons (Fsp3) is 0.600. The van der Waals surface area contributed by atoms with E-state index in [2.05, 4.69) is 16.0 Å². The number of piperidine rings is 1. The number of aromatic nitrogens is 1. The maximum absolute atomic E-state index is 12.0. The topological polar surface area (TPSA) is 77.3 Å². The Morgan fingerprint density at radius 2 is 2.04 bits per heavy atom. The lowest BCUT2D eigenvalue weighted by Crippen LogP contribution is -2.45. The summed E-state index contributed by atoms with van der Waals surface area (Å²) in [6.45, 7) is 3.87. The standard InChI is InChI=1S/C15H19ClN4O2S/c1-11-12(10-17)9-14(16)15(18-11)19-6-3-13(4-7-19)20-5-2-8-23(20,21)22/h9,13H,2-8H2,1H3. The molecule has 2 aliphatic heterocycles. The lowest BCUT2D eigenvalue weighted by molar-refractivity contribution is 0.290. The number of anilines is 1. The molecule has 2 aliphatic rings. The van der Waals surface area contributed by atoms with Gasteiger partial charge in [0.15, 0.2) is 0 Å². The largest absolute Gasteiger partial charge is 0.355 e. The average molecular weight is 355 g/mol. The van der Waals surface area contributed by atoms with Gasteiger partial charge in [-0.15, -0.1) is 0 Å². The van der Waals surface area contributed by atoms with Crippen molar-refractivity contribution in [2.75, 3.05) is 30.3 Å². The highest BCUT2D eigenvalue weighted by molar-refractivity contribution is 7.89. The molecular formula is C15H19ClN4O2S. The van der Waals surface area contributed by atoms with Crippen LogP contribution in [0.15, 0.2) is 6.07 Å². The summed E-state index contributed by atoms with van der Waals surface area (Å²) in [7, 11) is -3.06. The summed E-state index contributed by atoms with van der Waals surface area (Å²) in [5, 5.41) is 9.50. The van der Waals surface area contributed by atoms with Crippen LogP contribution in [0.5, 0.6) is 0 Å². The van der Waals surface area contributed by atoms with E-state index in [1.165, 1.54) is 0 Å². The Bertz CT molecular complexity index is 751. The molecule has 8 heteroatoms. The predicted molar refractivity (Wildman–Crippen MR) is 89.0 cm³/mol. The number of hydrogen-bond acceptors (Lipinski definition) is 5. The van der Waals surface area contributed by atoms with Crippen LogP contribution >= 0.6 is 11.6 Å². The van der Waals surface area contributed by atoms with Crippen LogP contribution < -0.4 is 4.90 Å². The molecule has 0 amide bonds. The molecule has 0 N–H and O–H groups in total. The molecule has 23 heavy (non-hydrogen) atoms. The molecule has 3 heterocycles. The molecule has 2 saturated heterocycles. The summed E-state index contributed by atoms with van der Waals surface area (Å²) in [5.41, 5.74) is 1.15. The van der Waals surface area contributed by atoms with E-state index in [0.717, 1.165) is 32.4 Å². The predicted octanol–water partition coefficient (Wildman–Crippen LogP) is 1.92. The Hall–Kier alpha value is -1.36. The van der Waals surface area contributed by atoms with Gasteiger partial charge in [-0.3, -0.25) is 0 Å². The van der Waals surface area contributed by atoms with E-state index >= 15 is 0 Å². The Balaban J connectivity index is 1.73. The zero-order valence-electron chi connectivity index (χ0n) is 13.0. The lowest BCUT2D eigenvalue weighted by atomic mass is 10.0. The number of hydrogen-bond donors (Lipinski definition) is 0. The second-order valence-corrected chi connectivity index (χ2v) is 8.49. The first-order valence-corrected chi connectivity index (χ1v) is 9.73. The molecule has 0 aliphatic carbocycles. The minimum Gasteiger partial charge on any atom is -0.355 e. The molecule has 1 aromatic rings. The van der Waals surface area contributed by atoms with Crippen LogP contribution in [0.1, 0.15) is 30.5 Å². The Morgan fingerprint density at radius 1 is 1.35 bits per heavy atom. The molecule has 124 valence electrons. The van der Waals surface area contributed by atoms with Gasteiger partial charge in [0.05, 0.1) is 22.0 Å². The molecule has 2 fully saturated rings. The number of halogens is 1. The minimum absolute atomic E-state index is 0.0806. The quantitative estimate of drug-likeness (QED) is 0.810. The maximum Gasteiger partial charge on any atom is 0.214 e. The lowest BCUT2D eigenvalue weighted by Gasteiger charge is -2.36. The molecule has 0 radical (unpaired) electrons. The van der Waals surface area contributed by atoms with Gasteiger partial charge in [-0.2, -0.15) is 9.57 Å². The van der Waals surface area contributed by atoms with Crippen molar-refractivity contribution in [3.63, 3.8) is 0 Å². The number of pyridine rings is 1. The number of sulfonamides is 1. The van der Waals surface area contributed by atoms with Crippen LogP contribution in [0.2, 0.25) is 5.02 Å². The Morgan fingerprint density at radius 3 is 2.61 bits per heavy atom. The molecule has 0 aromatic carbocycles. The summed E-state index contributed by atoms with van der Waals surface area (Å²) >= 11 is 6.26. The van der Waals surface area contributed by atoms with E-state index in [0.29, 0.717) is 28.6 Å². The van der Waals surface area contributed by atoms with Crippen molar-refractivity contribution in [1.82, 2.24) is 9.29 Å². The van der Waals surface area contributed by atoms with Crippen LogP contribution in [-0.4, -0.2) is 49.1 Å². The van der Waals surface area contributed by atoms with E-state index in [1.807, 2.05) is 0 Å². The highest BCUT2D eigenvalue weighted by Gasteiger charge is 2.36. The zero-order chi connectivity index (χ0) is 16.6. The smallest absolute Gasteiger partial charge is 0.214 e. The molecule has 3 rings (SSSR count). The Kier molecular flexibility index (Phi) is 4.50. The van der Waals surface area contributed by atoms with Gasteiger partial charge in [0.1, 0.15) is 11.9 Å². The minimum atomic E-state index is -3.06. The summed E-state index contributed by atoms with van der Waals surface area (Å²) in [5.74, 6) is 0.959. The molecule has 0 unspecified atom stereocenters. The number of nitriles is 1. The van der Waals surface area contributed by atoms with E-state index in [1.54, 1.807) is 17.3 Å². The van der Waals surface area contributed by atoms with E-state index in [9.17, 15) is 8.42 Å². The van der Waals surface area contributed by atoms with Crippen molar-refractivity contribution in [2.45, 2.75) is 32.2 Å². The van der Waals surface area contributed by atoms with Crippen LogP contribution in [0.25, 0.3) is 0 Å². The van der Waals surface area contributed by atoms with Gasteiger partial charge in [-0.1, -0.05) is 11.6 Å². The van der Waals surface area contributed by atoms with E-state index < -0.39 is 10.0 Å². The van der Waals surface area contributed by atoms with Gasteiger partial charge in [-0.05, 0) is 32.3 Å². The van der Waals surface area contributed by atoms with Crippen molar-refractivity contribution in [2.24, 2.45) is 0 Å². The summed E-state index contributed by atoms with van der Waals surface area (Å²) in [6.07, 6.45) is 2.28. The Labute approximate surface area is 141 Å². The zero-order valence-corrected chi connectivity index (χ0v) is 14.6. The van der Waals surface area contributed by atoms with E-state index in [-0.39, 0.29) is 11.8 Å². The molecule has 0 saturated carbocycles. The van der Waals surface area contributed by atoms with E-state index in [4.69, 9.17) is 16.9 Å². The first-order valence-electron chi connectivity index (χ1n) is 7.74. The van der Waals surface area contributed by atoms with Crippen molar-refractivity contribution >= 4 is 27.4 Å². The molecule has 0 bridgehead atoms. The average Bonchev–Trinajstić information content (AvgIpc) is 2.88. The third kappa shape index (κ3) is 3.16. The molecule has 0 atom stereocenters. The van der Waals surface area contributed by atoms with Crippen molar-refractivity contribution in [3.8, 4) is 6.07 Å². The van der Waals surface area contributed by atoms with Gasteiger partial charge in [0, 0.05) is 25.7 Å². The van der Waals surface area contributed by atoms with Crippen LogP contribution in [0.4, 0.5) is 5.82 Å². The molecular weight excluding hydrogens is 336 g/mol. The SMILES string of the molecule is Cc1nc(N2CCC(N3CCCS3(=O)=O)CC2)c(Cl)cc1C#N. The fourth-order valence-electron chi connectivity index (χ4n) is 3.34. The first kappa shape index (κ1) is 16.5. The highest BCUT2D eigenvalue weighted by atomic mass is 35.5. The number of aryl methyl sites for hydroxylation is 1. The fourth-order valence-corrected chi connectivity index (χ4v) is 5.41. The van der Waals surface area contributed by atoms with Gasteiger partial charge in [-0.25, -0.2) is 13.4 Å². The van der Waals surface area contributed by atoms with Gasteiger partial charge < -0.3 is 4.90 Å². The number of rotatable bonds is 2. The first-order chi connectivity index (χ1) is 10.9. The highest BCUT2D eigenvalue weighted by Crippen LogP contribution is 2.30. The van der Waals surface area contributed by atoms with Crippen LogP contribution in [-0.2, 0) is 10.0 Å². The second kappa shape index (κ2) is 6.27. The molecule has 0 spiro atoms. The summed E-state index contributed by atoms with van der Waals surface area (Å²) in [4.78, 5) is 6.54. The molecule has 1 aromatic heterocycles. The van der Waals surface area contributed by atoms with Gasteiger partial charge in [0.2, 0.25) is 10.0 Å². The monoisotopic (exact) mass is 354 g/mol. The third-order valence-corrected chi connectivity index (χ3v) is 6.86. The normalized spacial score (nSPS) is 22.2. The maximum atomic E-state index is 12.0. The van der Waals surface area contributed by atoms with Crippen molar-refractivity contribution in [1.29, 1.82) is 5.26 Å². The summed E-state index contributed by atoms with van der Waals surface area (Å²) in [6, 6.07) is 3.81. The van der Waals surface area contributed by atoms with Crippen LogP contribution in [0.3, 0.4) is 0 Å². The van der Waals surface area contributed by atoms with Crippen molar-refractivity contribution < 1.29 is 8.42 Å². The molecule has 6 nitrogen and oxygen atoms in total. The summed E-state index contributed by atoms with van der Waals surface area (Å²) < 4.78 is 25.7. The second-order valence-electron chi connectivity index (χ2n) is 6.04. The number of nitrogens with zero attached hydrogens (tertiary/aromatic N) is 4.